The van der Waals surface area contributed by atoms with Crippen LogP contribution in [0, 0.1) is 24.7 Å². The summed E-state index contributed by atoms with van der Waals surface area (Å²) in [7, 11) is 0. The standard InChI is InChI=1S/C25H19ClN4O3S/c1-12-11-27-25(34-12)29-23(31)16-17(24(29)32)22-20-18(21(16)33-22)19(14-9-5-6-10-15(14)26)28-30(20)13-7-3-2-4-8-13/h2-11,16-18,20-22H,1H3. The van der Waals surface area contributed by atoms with Crippen LogP contribution in [0.15, 0.2) is 65.9 Å². The molecular weight excluding hydrogens is 472 g/mol. The van der Waals surface area contributed by atoms with Crippen LogP contribution in [0.1, 0.15) is 10.4 Å². The number of amides is 2. The highest BCUT2D eigenvalue weighted by Crippen LogP contribution is 2.56. The van der Waals surface area contributed by atoms with Crippen molar-refractivity contribution < 1.29 is 14.3 Å². The highest BCUT2D eigenvalue weighted by Gasteiger charge is 2.72. The molecule has 4 aliphatic heterocycles. The first-order valence-corrected chi connectivity index (χ1v) is 12.4. The van der Waals surface area contributed by atoms with Crippen LogP contribution in [0.3, 0.4) is 0 Å². The number of thiazole rings is 1. The van der Waals surface area contributed by atoms with Gasteiger partial charge in [0.05, 0.1) is 47.4 Å². The summed E-state index contributed by atoms with van der Waals surface area (Å²) in [5.41, 5.74) is 2.54. The first-order valence-electron chi connectivity index (χ1n) is 11.2. The molecule has 9 heteroatoms. The summed E-state index contributed by atoms with van der Waals surface area (Å²) >= 11 is 7.94. The van der Waals surface area contributed by atoms with E-state index in [0.29, 0.717) is 10.2 Å². The summed E-state index contributed by atoms with van der Waals surface area (Å²) in [5, 5.41) is 8.00. The van der Waals surface area contributed by atoms with Crippen molar-refractivity contribution in [2.75, 3.05) is 9.91 Å². The Labute approximate surface area is 204 Å². The molecule has 4 aliphatic rings. The van der Waals surface area contributed by atoms with Gasteiger partial charge in [-0.15, -0.1) is 11.3 Å². The second kappa shape index (κ2) is 7.21. The number of carbonyl (C=O) groups is 2. The zero-order valence-corrected chi connectivity index (χ0v) is 19.6. The molecule has 5 heterocycles. The van der Waals surface area contributed by atoms with Gasteiger partial charge in [-0.3, -0.25) is 14.6 Å². The minimum Gasteiger partial charge on any atom is -0.370 e. The third-order valence-corrected chi connectivity index (χ3v) is 8.49. The first kappa shape index (κ1) is 20.3. The highest BCUT2D eigenvalue weighted by molar-refractivity contribution is 7.16. The Balaban J connectivity index is 1.34. The van der Waals surface area contributed by atoms with E-state index in [0.717, 1.165) is 21.8 Å². The van der Waals surface area contributed by atoms with E-state index < -0.39 is 24.0 Å². The fourth-order valence-corrected chi connectivity index (χ4v) is 6.96. The number of anilines is 2. The number of carbonyl (C=O) groups excluding carboxylic acids is 2. The molecule has 7 rings (SSSR count). The maximum atomic E-state index is 13.6. The Hall–Kier alpha value is -3.07. The maximum absolute atomic E-state index is 13.6. The number of aryl methyl sites for hydroxylation is 1. The minimum atomic E-state index is -0.550. The van der Waals surface area contributed by atoms with Crippen molar-refractivity contribution in [3.05, 3.63) is 76.3 Å². The van der Waals surface area contributed by atoms with Gasteiger partial charge in [0, 0.05) is 21.7 Å². The molecule has 0 radical (unpaired) electrons. The van der Waals surface area contributed by atoms with Crippen LogP contribution in [0.4, 0.5) is 10.8 Å². The van der Waals surface area contributed by atoms with E-state index in [-0.39, 0.29) is 23.8 Å². The second-order valence-electron chi connectivity index (χ2n) is 9.04. The number of benzene rings is 2. The smallest absolute Gasteiger partial charge is 0.242 e. The quantitative estimate of drug-likeness (QED) is 0.520. The normalized spacial score (nSPS) is 31.3. The van der Waals surface area contributed by atoms with E-state index in [9.17, 15) is 9.59 Å². The lowest BCUT2D eigenvalue weighted by atomic mass is 9.70. The topological polar surface area (TPSA) is 75.1 Å². The molecule has 3 fully saturated rings. The number of nitrogens with zero attached hydrogens (tertiary/aromatic N) is 4. The van der Waals surface area contributed by atoms with Crippen LogP contribution in [-0.2, 0) is 14.3 Å². The molecule has 0 aliphatic carbocycles. The summed E-state index contributed by atoms with van der Waals surface area (Å²) < 4.78 is 6.43. The molecular formula is C25H19ClN4O3S. The Morgan fingerprint density at radius 1 is 0.941 bits per heavy atom. The molecule has 7 nitrogen and oxygen atoms in total. The molecule has 0 saturated carbocycles. The van der Waals surface area contributed by atoms with Crippen molar-refractivity contribution in [1.82, 2.24) is 4.98 Å². The lowest BCUT2D eigenvalue weighted by Crippen LogP contribution is -2.50. The number of imide groups is 1. The van der Waals surface area contributed by atoms with Crippen molar-refractivity contribution in [3.63, 3.8) is 0 Å². The summed E-state index contributed by atoms with van der Waals surface area (Å²) in [5.74, 6) is -1.73. The number of hydrazone groups is 1. The number of aromatic nitrogens is 1. The van der Waals surface area contributed by atoms with Gasteiger partial charge in [0.15, 0.2) is 5.13 Å². The van der Waals surface area contributed by atoms with E-state index in [1.165, 1.54) is 16.2 Å². The number of ether oxygens (including phenoxy) is 1. The van der Waals surface area contributed by atoms with Gasteiger partial charge in [0.2, 0.25) is 11.8 Å². The number of fused-ring (bicyclic) bond motifs is 8. The van der Waals surface area contributed by atoms with Crippen LogP contribution < -0.4 is 9.91 Å². The van der Waals surface area contributed by atoms with Gasteiger partial charge in [-0.25, -0.2) is 9.88 Å². The lowest BCUT2D eigenvalue weighted by Gasteiger charge is -2.32. The average Bonchev–Trinajstić information content (AvgIpc) is 3.63. The molecule has 0 N–H and O–H groups in total. The fourth-order valence-electron chi connectivity index (χ4n) is 5.96. The number of hydrogen-bond donors (Lipinski definition) is 0. The molecule has 34 heavy (non-hydrogen) atoms. The van der Waals surface area contributed by atoms with Crippen molar-refractivity contribution in [3.8, 4) is 0 Å². The van der Waals surface area contributed by atoms with Gasteiger partial charge < -0.3 is 4.74 Å². The Kier molecular flexibility index (Phi) is 4.31. The molecule has 6 atom stereocenters. The van der Waals surface area contributed by atoms with Crippen LogP contribution in [0.25, 0.3) is 0 Å². The van der Waals surface area contributed by atoms with Crippen molar-refractivity contribution in [2.45, 2.75) is 25.2 Å². The van der Waals surface area contributed by atoms with Gasteiger partial charge >= 0.3 is 0 Å². The average molecular weight is 491 g/mol. The van der Waals surface area contributed by atoms with Crippen molar-refractivity contribution >= 4 is 51.3 Å². The maximum Gasteiger partial charge on any atom is 0.242 e. The van der Waals surface area contributed by atoms with E-state index in [2.05, 4.69) is 4.98 Å². The van der Waals surface area contributed by atoms with Crippen LogP contribution in [0.5, 0.6) is 0 Å². The zero-order valence-electron chi connectivity index (χ0n) is 18.0. The van der Waals surface area contributed by atoms with E-state index in [1.54, 1.807) is 6.20 Å². The number of para-hydroxylation sites is 1. The number of halogens is 1. The Morgan fingerprint density at radius 3 is 2.35 bits per heavy atom. The number of rotatable bonds is 3. The monoisotopic (exact) mass is 490 g/mol. The van der Waals surface area contributed by atoms with E-state index in [1.807, 2.05) is 66.5 Å². The Bertz CT molecular complexity index is 1380. The molecule has 2 amide bonds. The Morgan fingerprint density at radius 2 is 1.65 bits per heavy atom. The molecule has 2 aromatic carbocycles. The van der Waals surface area contributed by atoms with E-state index >= 15 is 0 Å². The summed E-state index contributed by atoms with van der Waals surface area (Å²) in [6, 6.07) is 17.3. The minimum absolute atomic E-state index is 0.180. The predicted octanol–water partition coefficient (Wildman–Crippen LogP) is 3.90. The first-order chi connectivity index (χ1) is 16.5. The molecule has 2 bridgehead atoms. The molecule has 1 aromatic heterocycles. The SMILES string of the molecule is Cc1cnc(N2C(=O)C3C4OC(C3C2=O)C2C4C(c3ccccc3Cl)=NN2c2ccccc2)s1. The van der Waals surface area contributed by atoms with Gasteiger partial charge in [-0.1, -0.05) is 48.0 Å². The van der Waals surface area contributed by atoms with Gasteiger partial charge in [0.25, 0.3) is 0 Å². The molecule has 170 valence electrons. The van der Waals surface area contributed by atoms with Gasteiger partial charge in [0.1, 0.15) is 0 Å². The molecule has 3 saturated heterocycles. The predicted molar refractivity (Wildman–Crippen MR) is 129 cm³/mol. The van der Waals surface area contributed by atoms with Crippen LogP contribution >= 0.6 is 22.9 Å². The summed E-state index contributed by atoms with van der Waals surface area (Å²) in [6.07, 6.45) is 0.783. The molecule has 0 spiro atoms. The van der Waals surface area contributed by atoms with Crippen LogP contribution in [0.2, 0.25) is 5.02 Å². The fraction of sp³-hybridized carbons (Fsp3) is 0.280. The third kappa shape index (κ3) is 2.61. The third-order valence-electron chi connectivity index (χ3n) is 7.26. The molecule has 6 unspecified atom stereocenters. The van der Waals surface area contributed by atoms with Crippen LogP contribution in [-0.4, -0.2) is 40.8 Å². The van der Waals surface area contributed by atoms with Gasteiger partial charge in [-0.2, -0.15) is 5.10 Å². The number of hydrogen-bond acceptors (Lipinski definition) is 7. The largest absolute Gasteiger partial charge is 0.370 e. The van der Waals surface area contributed by atoms with Crippen molar-refractivity contribution in [1.29, 1.82) is 0 Å². The van der Waals surface area contributed by atoms with E-state index in [4.69, 9.17) is 21.4 Å². The highest BCUT2D eigenvalue weighted by atomic mass is 35.5. The summed E-state index contributed by atoms with van der Waals surface area (Å²) in [6.45, 7) is 1.91. The van der Waals surface area contributed by atoms with Crippen molar-refractivity contribution in [2.24, 2.45) is 22.9 Å². The zero-order chi connectivity index (χ0) is 23.1. The second-order valence-corrected chi connectivity index (χ2v) is 10.7. The molecule has 3 aromatic rings. The summed E-state index contributed by atoms with van der Waals surface area (Å²) in [4.78, 5) is 33.6. The lowest BCUT2D eigenvalue weighted by molar-refractivity contribution is -0.125. The van der Waals surface area contributed by atoms with Gasteiger partial charge in [-0.05, 0) is 25.1 Å².